The smallest absolute Gasteiger partial charge is 0.166 e. The number of nitrogens with zero attached hydrogens (tertiary/aromatic N) is 4. The zero-order chi connectivity index (χ0) is 35.2. The molecule has 0 spiro atoms. The predicted octanol–water partition coefficient (Wildman–Crippen LogP) is 4.74. The van der Waals surface area contributed by atoms with Crippen molar-refractivity contribution in [3.63, 3.8) is 0 Å². The first-order valence-corrected chi connectivity index (χ1v) is 16.9. The molecule has 7 aromatic carbocycles. The third-order valence-electron chi connectivity index (χ3n) is 10.3. The molecule has 0 atom stereocenters. The Labute approximate surface area is 307 Å². The molecule has 0 fully saturated rings. The molecule has 10 rings (SSSR count). The molecule has 1 aliphatic carbocycles. The Kier molecular flexibility index (Phi) is 6.78. The molecule has 52 heavy (non-hydrogen) atoms. The summed E-state index contributed by atoms with van der Waals surface area (Å²) in [7, 11) is 31.9. The maximum absolute atomic E-state index is 6.56. The van der Waals surface area contributed by atoms with Gasteiger partial charge in [0.1, 0.15) is 39.2 Å². The van der Waals surface area contributed by atoms with Gasteiger partial charge in [-0.15, -0.1) is 16.4 Å². The minimum Gasteiger partial charge on any atom is -0.308 e. The van der Waals surface area contributed by atoms with Crippen LogP contribution in [0.25, 0.3) is 94.7 Å². The largest absolute Gasteiger partial charge is 0.308 e. The molecule has 9 heteroatoms. The van der Waals surface area contributed by atoms with Crippen LogP contribution in [0.15, 0.2) is 127 Å². The first kappa shape index (κ1) is 30.7. The third-order valence-corrected chi connectivity index (χ3v) is 10.3. The van der Waals surface area contributed by atoms with E-state index in [2.05, 4.69) is 83.4 Å². The third kappa shape index (κ3) is 4.32. The van der Waals surface area contributed by atoms with Crippen LogP contribution in [0.3, 0.4) is 0 Å². The standard InChI is InChI=1S/C43H21B5N4/c44-36-35(37(45)39(47)40(48)38(36)46)43-50-41(23-10-2-1-3-11-23)49-42(51-43)28-15-6-7-18-29(28)52-30-19-9-17-27-25-14-5-4-13-24(25)26-16-8-12-22-20-21-31(52)34(32(22)26)33(27)30/h1-21H. The highest BCUT2D eigenvalue weighted by molar-refractivity contribution is 6.68. The number of fused-ring (bicyclic) bond motifs is 3. The Bertz CT molecular complexity index is 2940. The summed E-state index contributed by atoms with van der Waals surface area (Å²) in [5, 5.41) is 4.83. The molecule has 0 bridgehead atoms. The molecule has 0 saturated heterocycles. The Morgan fingerprint density at radius 3 is 1.63 bits per heavy atom. The van der Waals surface area contributed by atoms with Gasteiger partial charge in [0.15, 0.2) is 17.5 Å². The highest BCUT2D eigenvalue weighted by Crippen LogP contribution is 2.49. The average Bonchev–Trinajstić information content (AvgIpc) is 3.47. The average molecular weight is 648 g/mol. The number of benzene rings is 7. The fraction of sp³-hybridized carbons (Fsp3) is 0. The Morgan fingerprint density at radius 2 is 0.904 bits per heavy atom. The van der Waals surface area contributed by atoms with Crippen molar-refractivity contribution in [1.29, 1.82) is 0 Å². The van der Waals surface area contributed by atoms with Crippen molar-refractivity contribution in [2.45, 2.75) is 0 Å². The lowest BCUT2D eigenvalue weighted by atomic mass is 9.60. The zero-order valence-electron chi connectivity index (χ0n) is 27.8. The molecule has 10 radical (unpaired) electrons. The summed E-state index contributed by atoms with van der Waals surface area (Å²) >= 11 is 0. The van der Waals surface area contributed by atoms with E-state index in [0.29, 0.717) is 17.2 Å². The van der Waals surface area contributed by atoms with Crippen molar-refractivity contribution >= 4 is 99.1 Å². The lowest BCUT2D eigenvalue weighted by Crippen LogP contribution is -2.55. The minimum atomic E-state index is 0.124. The number of hydrogen-bond donors (Lipinski definition) is 0. The first-order valence-electron chi connectivity index (χ1n) is 16.9. The second-order valence-electron chi connectivity index (χ2n) is 13.1. The SMILES string of the molecule is [B]c1c([B])c([B])c(-c2nc(-c3ccccc3)nc(-c3ccccc3-n3c4cccc5c4c4c6c(cccc6ccc43)-c3ccccc3-5)n2)c([B])c1[B]. The lowest BCUT2D eigenvalue weighted by molar-refractivity contribution is 1.07. The van der Waals surface area contributed by atoms with E-state index in [1.807, 2.05) is 48.5 Å². The summed E-state index contributed by atoms with van der Waals surface area (Å²) < 4.78 is 2.32. The Balaban J connectivity index is 1.30. The van der Waals surface area contributed by atoms with Crippen molar-refractivity contribution in [1.82, 2.24) is 19.5 Å². The van der Waals surface area contributed by atoms with Crippen molar-refractivity contribution in [2.75, 3.05) is 0 Å². The van der Waals surface area contributed by atoms with Gasteiger partial charge in [-0.3, -0.25) is 0 Å². The second kappa shape index (κ2) is 11.5. The Hall–Kier alpha value is -6.07. The molecule has 0 amide bonds. The van der Waals surface area contributed by atoms with Gasteiger partial charge in [0.2, 0.25) is 0 Å². The van der Waals surface area contributed by atoms with E-state index >= 15 is 0 Å². The van der Waals surface area contributed by atoms with Gasteiger partial charge in [-0.1, -0.05) is 114 Å². The maximum atomic E-state index is 6.56. The molecular formula is C43H21B5N4. The normalized spacial score (nSPS) is 11.8. The van der Waals surface area contributed by atoms with Crippen LogP contribution in [0.5, 0.6) is 0 Å². The molecule has 228 valence electrons. The molecule has 9 aromatic rings. The van der Waals surface area contributed by atoms with Crippen molar-refractivity contribution < 1.29 is 0 Å². The number of aromatic nitrogens is 4. The number of hydrogen-bond acceptors (Lipinski definition) is 3. The molecule has 4 nitrogen and oxygen atoms in total. The summed E-state index contributed by atoms with van der Waals surface area (Å²) in [6.07, 6.45) is 0. The molecule has 1 aliphatic rings. The molecular weight excluding hydrogens is 627 g/mol. The quantitative estimate of drug-likeness (QED) is 0.260. The van der Waals surface area contributed by atoms with E-state index in [4.69, 9.17) is 54.2 Å². The minimum absolute atomic E-state index is 0.124. The summed E-state index contributed by atoms with van der Waals surface area (Å²) in [6, 6.07) is 44.1. The van der Waals surface area contributed by atoms with Crippen molar-refractivity contribution in [3.05, 3.63) is 127 Å². The predicted molar refractivity (Wildman–Crippen MR) is 219 cm³/mol. The molecule has 2 aromatic heterocycles. The van der Waals surface area contributed by atoms with Gasteiger partial charge in [0, 0.05) is 27.5 Å². The van der Waals surface area contributed by atoms with E-state index < -0.39 is 0 Å². The van der Waals surface area contributed by atoms with Gasteiger partial charge in [-0.25, -0.2) is 15.0 Å². The molecule has 0 N–H and O–H groups in total. The number of rotatable bonds is 4. The maximum Gasteiger partial charge on any atom is 0.166 e. The van der Waals surface area contributed by atoms with Crippen LogP contribution < -0.4 is 27.3 Å². The van der Waals surface area contributed by atoms with E-state index in [9.17, 15) is 0 Å². The van der Waals surface area contributed by atoms with E-state index in [1.165, 1.54) is 43.8 Å². The van der Waals surface area contributed by atoms with E-state index in [-0.39, 0.29) is 33.1 Å². The monoisotopic (exact) mass is 648 g/mol. The van der Waals surface area contributed by atoms with Crippen LogP contribution in [0.4, 0.5) is 0 Å². The summed E-state index contributed by atoms with van der Waals surface area (Å²) in [5.74, 6) is 1.10. The fourth-order valence-corrected chi connectivity index (χ4v) is 7.86. The topological polar surface area (TPSA) is 43.6 Å². The van der Waals surface area contributed by atoms with Gasteiger partial charge in [0.05, 0.1) is 16.7 Å². The van der Waals surface area contributed by atoms with Gasteiger partial charge >= 0.3 is 0 Å². The van der Waals surface area contributed by atoms with Crippen LogP contribution >= 0.6 is 0 Å². The summed E-state index contributed by atoms with van der Waals surface area (Å²) in [5.41, 5.74) is 10.5. The van der Waals surface area contributed by atoms with Crippen molar-refractivity contribution in [2.24, 2.45) is 0 Å². The van der Waals surface area contributed by atoms with Crippen LogP contribution in [-0.2, 0) is 0 Å². The van der Waals surface area contributed by atoms with Gasteiger partial charge < -0.3 is 4.57 Å². The zero-order valence-corrected chi connectivity index (χ0v) is 27.8. The van der Waals surface area contributed by atoms with Crippen molar-refractivity contribution in [3.8, 4) is 62.1 Å². The molecule has 0 saturated carbocycles. The summed E-state index contributed by atoms with van der Waals surface area (Å²) in [6.45, 7) is 0. The molecule has 0 aliphatic heterocycles. The fourth-order valence-electron chi connectivity index (χ4n) is 7.86. The van der Waals surface area contributed by atoms with Gasteiger partial charge in [-0.2, -0.15) is 0 Å². The van der Waals surface area contributed by atoms with Crippen LogP contribution in [0, 0.1) is 0 Å². The molecule has 0 unspecified atom stereocenters. The highest BCUT2D eigenvalue weighted by Gasteiger charge is 2.26. The number of para-hydroxylation sites is 1. The highest BCUT2D eigenvalue weighted by atomic mass is 15.1. The van der Waals surface area contributed by atoms with Crippen LogP contribution in [0.1, 0.15) is 0 Å². The lowest BCUT2D eigenvalue weighted by Gasteiger charge is -2.21. The summed E-state index contributed by atoms with van der Waals surface area (Å²) in [4.78, 5) is 15.0. The van der Waals surface area contributed by atoms with Gasteiger partial charge in [-0.05, 0) is 57.3 Å². The van der Waals surface area contributed by atoms with Crippen LogP contribution in [0.2, 0.25) is 0 Å². The molecule has 2 heterocycles. The van der Waals surface area contributed by atoms with E-state index in [0.717, 1.165) is 27.8 Å². The van der Waals surface area contributed by atoms with Crippen LogP contribution in [-0.4, -0.2) is 58.8 Å². The van der Waals surface area contributed by atoms with Gasteiger partial charge in [0.25, 0.3) is 0 Å². The Morgan fingerprint density at radius 1 is 0.365 bits per heavy atom. The first-order chi connectivity index (χ1) is 25.4. The van der Waals surface area contributed by atoms with E-state index in [1.54, 1.807) is 0 Å². The second-order valence-corrected chi connectivity index (χ2v) is 13.1.